The fourth-order valence-electron chi connectivity index (χ4n) is 4.01. The van der Waals surface area contributed by atoms with Crippen molar-refractivity contribution in [1.29, 1.82) is 0 Å². The van der Waals surface area contributed by atoms with E-state index in [1.807, 2.05) is 47.5 Å². The molecule has 4 nitrogen and oxygen atoms in total. The van der Waals surface area contributed by atoms with Crippen molar-refractivity contribution in [1.82, 2.24) is 5.01 Å². The second-order valence-corrected chi connectivity index (χ2v) is 8.93. The number of methoxy groups -OCH3 is 1. The highest BCUT2D eigenvalue weighted by molar-refractivity contribution is 9.10. The molecule has 0 amide bonds. The van der Waals surface area contributed by atoms with E-state index in [1.54, 1.807) is 13.2 Å². The van der Waals surface area contributed by atoms with Crippen molar-refractivity contribution < 1.29 is 9.47 Å². The van der Waals surface area contributed by atoms with Crippen molar-refractivity contribution in [3.8, 4) is 11.5 Å². The van der Waals surface area contributed by atoms with Crippen molar-refractivity contribution in [3.63, 3.8) is 0 Å². The number of para-hydroxylation sites is 1. The summed E-state index contributed by atoms with van der Waals surface area (Å²) in [5.41, 5.74) is 3.89. The number of hydrogen-bond donors (Lipinski definition) is 0. The highest BCUT2D eigenvalue weighted by atomic mass is 79.9. The number of rotatable bonds is 3. The van der Waals surface area contributed by atoms with Gasteiger partial charge in [-0.3, -0.25) is 0 Å². The molecule has 3 aromatic rings. The minimum atomic E-state index is -0.467. The third kappa shape index (κ3) is 3.35. The molecule has 2 heterocycles. The molecule has 2 aliphatic rings. The zero-order chi connectivity index (χ0) is 20.8. The van der Waals surface area contributed by atoms with E-state index < -0.39 is 6.23 Å². The Morgan fingerprint density at radius 1 is 1.07 bits per heavy atom. The first-order chi connectivity index (χ1) is 14.5. The summed E-state index contributed by atoms with van der Waals surface area (Å²) in [5, 5.41) is 8.03. The van der Waals surface area contributed by atoms with Crippen LogP contribution in [-0.4, -0.2) is 17.8 Å². The van der Waals surface area contributed by atoms with Gasteiger partial charge in [-0.15, -0.1) is 0 Å². The maximum Gasteiger partial charge on any atom is 0.217 e. The molecule has 3 aromatic carbocycles. The second-order valence-electron chi connectivity index (χ2n) is 7.17. The first-order valence-electron chi connectivity index (χ1n) is 9.45. The van der Waals surface area contributed by atoms with Crippen LogP contribution >= 0.6 is 39.1 Å². The van der Waals surface area contributed by atoms with E-state index in [0.717, 1.165) is 39.0 Å². The Kier molecular flexibility index (Phi) is 5.13. The van der Waals surface area contributed by atoms with E-state index in [1.165, 1.54) is 0 Å². The van der Waals surface area contributed by atoms with Gasteiger partial charge in [-0.1, -0.05) is 63.4 Å². The number of benzene rings is 3. The average Bonchev–Trinajstić information content (AvgIpc) is 3.19. The number of halogens is 3. The smallest absolute Gasteiger partial charge is 0.217 e. The van der Waals surface area contributed by atoms with Crippen LogP contribution < -0.4 is 9.47 Å². The fourth-order valence-corrected chi connectivity index (χ4v) is 4.82. The lowest BCUT2D eigenvalue weighted by Crippen LogP contribution is -2.34. The minimum Gasteiger partial charge on any atom is -0.496 e. The predicted octanol–water partition coefficient (Wildman–Crippen LogP) is 7.01. The Morgan fingerprint density at radius 3 is 2.60 bits per heavy atom. The molecule has 7 heteroatoms. The van der Waals surface area contributed by atoms with Crippen LogP contribution in [-0.2, 0) is 0 Å². The average molecular weight is 504 g/mol. The summed E-state index contributed by atoms with van der Waals surface area (Å²) in [5.74, 6) is 1.38. The molecule has 30 heavy (non-hydrogen) atoms. The summed E-state index contributed by atoms with van der Waals surface area (Å²) < 4.78 is 13.0. The molecule has 0 spiro atoms. The van der Waals surface area contributed by atoms with Gasteiger partial charge in [-0.2, -0.15) is 5.10 Å². The van der Waals surface area contributed by atoms with Crippen LogP contribution in [0.15, 0.2) is 70.2 Å². The SMILES string of the molecule is COc1ccccc1[C@@H]1Oc2c(Cl)cc(Cl)cc2[C@H]2CC(c3ccc(Br)cc3)=NN21. The van der Waals surface area contributed by atoms with Crippen molar-refractivity contribution >= 4 is 44.8 Å². The molecule has 0 N–H and O–H groups in total. The molecule has 0 saturated carbocycles. The number of hydrogen-bond acceptors (Lipinski definition) is 4. The molecular weight excluding hydrogens is 487 g/mol. The molecule has 2 aliphatic heterocycles. The predicted molar refractivity (Wildman–Crippen MR) is 123 cm³/mol. The van der Waals surface area contributed by atoms with Crippen LogP contribution in [0.25, 0.3) is 0 Å². The monoisotopic (exact) mass is 502 g/mol. The van der Waals surface area contributed by atoms with E-state index >= 15 is 0 Å². The van der Waals surface area contributed by atoms with E-state index in [-0.39, 0.29) is 6.04 Å². The van der Waals surface area contributed by atoms with Gasteiger partial charge in [0, 0.05) is 21.5 Å². The molecular formula is C23H17BrCl2N2O2. The minimum absolute atomic E-state index is 0.0430. The van der Waals surface area contributed by atoms with Gasteiger partial charge in [0.15, 0.2) is 0 Å². The molecule has 152 valence electrons. The zero-order valence-corrected chi connectivity index (χ0v) is 19.1. The van der Waals surface area contributed by atoms with Crippen molar-refractivity contribution in [2.75, 3.05) is 7.11 Å². The molecule has 0 unspecified atom stereocenters. The van der Waals surface area contributed by atoms with E-state index in [4.69, 9.17) is 37.8 Å². The van der Waals surface area contributed by atoms with Gasteiger partial charge in [-0.25, -0.2) is 5.01 Å². The number of hydrazone groups is 1. The van der Waals surface area contributed by atoms with Crippen LogP contribution in [0.4, 0.5) is 0 Å². The fraction of sp³-hybridized carbons (Fsp3) is 0.174. The number of ether oxygens (including phenoxy) is 2. The molecule has 0 aliphatic carbocycles. The standard InChI is InChI=1S/C23H17BrCl2N2O2/c1-29-21-5-3-2-4-16(21)23-28-20(17-10-15(25)11-18(26)22(17)30-23)12-19(27-28)13-6-8-14(24)9-7-13/h2-11,20,23H,12H2,1H3/t20-,23+/m1/s1. The molecule has 0 fully saturated rings. The van der Waals surface area contributed by atoms with Gasteiger partial charge < -0.3 is 9.47 Å². The summed E-state index contributed by atoms with van der Waals surface area (Å²) in [7, 11) is 1.65. The first kappa shape index (κ1) is 19.7. The van der Waals surface area contributed by atoms with Crippen LogP contribution in [0.5, 0.6) is 11.5 Å². The summed E-state index contributed by atoms with van der Waals surface area (Å²) in [4.78, 5) is 0. The third-order valence-electron chi connectivity index (χ3n) is 5.39. The highest BCUT2D eigenvalue weighted by Crippen LogP contribution is 2.51. The normalized spacial score (nSPS) is 19.6. The second kappa shape index (κ2) is 7.80. The van der Waals surface area contributed by atoms with E-state index in [9.17, 15) is 0 Å². The van der Waals surface area contributed by atoms with Gasteiger partial charge >= 0.3 is 0 Å². The summed E-state index contributed by atoms with van der Waals surface area (Å²) in [6, 6.07) is 19.5. The van der Waals surface area contributed by atoms with Crippen LogP contribution in [0.3, 0.4) is 0 Å². The van der Waals surface area contributed by atoms with Crippen LogP contribution in [0.1, 0.15) is 35.4 Å². The molecule has 0 radical (unpaired) electrons. The maximum atomic E-state index is 6.53. The Morgan fingerprint density at radius 2 is 1.83 bits per heavy atom. The van der Waals surface area contributed by atoms with Gasteiger partial charge in [-0.05, 0) is 42.0 Å². The topological polar surface area (TPSA) is 34.1 Å². The highest BCUT2D eigenvalue weighted by Gasteiger charge is 2.42. The number of nitrogens with zero attached hydrogens (tertiary/aromatic N) is 2. The maximum absolute atomic E-state index is 6.53. The summed E-state index contributed by atoms with van der Waals surface area (Å²) in [6.07, 6.45) is 0.255. The zero-order valence-electron chi connectivity index (χ0n) is 16.0. The number of fused-ring (bicyclic) bond motifs is 3. The lowest BCUT2D eigenvalue weighted by Gasteiger charge is -2.39. The van der Waals surface area contributed by atoms with Crippen molar-refractivity contribution in [2.45, 2.75) is 18.7 Å². The Balaban J connectivity index is 1.65. The Bertz CT molecular complexity index is 1150. The van der Waals surface area contributed by atoms with Crippen molar-refractivity contribution in [3.05, 3.63) is 91.9 Å². The summed E-state index contributed by atoms with van der Waals surface area (Å²) in [6.45, 7) is 0. The molecule has 0 aromatic heterocycles. The van der Waals surface area contributed by atoms with E-state index in [2.05, 4.69) is 28.1 Å². The Labute approximate surface area is 193 Å². The van der Waals surface area contributed by atoms with Crippen LogP contribution in [0.2, 0.25) is 10.0 Å². The van der Waals surface area contributed by atoms with Gasteiger partial charge in [0.2, 0.25) is 6.23 Å². The summed E-state index contributed by atoms with van der Waals surface area (Å²) >= 11 is 16.4. The van der Waals surface area contributed by atoms with Gasteiger partial charge in [0.05, 0.1) is 29.4 Å². The Hall–Kier alpha value is -2.21. The first-order valence-corrected chi connectivity index (χ1v) is 11.0. The third-order valence-corrected chi connectivity index (χ3v) is 6.42. The van der Waals surface area contributed by atoms with Crippen LogP contribution in [0, 0.1) is 0 Å². The van der Waals surface area contributed by atoms with Gasteiger partial charge in [0.1, 0.15) is 11.5 Å². The molecule has 0 saturated heterocycles. The van der Waals surface area contributed by atoms with Crippen molar-refractivity contribution in [2.24, 2.45) is 5.10 Å². The molecule has 0 bridgehead atoms. The quantitative estimate of drug-likeness (QED) is 0.385. The lowest BCUT2D eigenvalue weighted by molar-refractivity contribution is -0.0202. The largest absolute Gasteiger partial charge is 0.496 e. The van der Waals surface area contributed by atoms with Gasteiger partial charge in [0.25, 0.3) is 0 Å². The van der Waals surface area contributed by atoms with E-state index in [0.29, 0.717) is 15.8 Å². The molecule has 5 rings (SSSR count). The molecule has 2 atom stereocenters. The lowest BCUT2D eigenvalue weighted by atomic mass is 9.95.